The first-order valence-corrected chi connectivity index (χ1v) is 6.31. The molecule has 0 saturated carbocycles. The van der Waals surface area contributed by atoms with E-state index in [0.29, 0.717) is 26.2 Å². The second-order valence-electron chi connectivity index (χ2n) is 4.50. The standard InChI is InChI=1S/C14H19NO3/c1-11-5-3-6-12(2)14(11)17-10-7-13(16)15-8-4-9-18-15/h3,5-6H,4,7-10H2,1-2H3. The maximum absolute atomic E-state index is 11.7. The third-order valence-electron chi connectivity index (χ3n) is 3.00. The zero-order chi connectivity index (χ0) is 13.0. The van der Waals surface area contributed by atoms with Crippen molar-refractivity contribution in [2.24, 2.45) is 0 Å². The number of aryl methyl sites for hydroxylation is 2. The van der Waals surface area contributed by atoms with E-state index in [0.717, 1.165) is 23.3 Å². The van der Waals surface area contributed by atoms with E-state index in [1.165, 1.54) is 5.06 Å². The molecule has 0 atom stereocenters. The Bertz CT molecular complexity index is 405. The largest absolute Gasteiger partial charge is 0.493 e. The van der Waals surface area contributed by atoms with Gasteiger partial charge < -0.3 is 4.74 Å². The third-order valence-corrected chi connectivity index (χ3v) is 3.00. The van der Waals surface area contributed by atoms with Gasteiger partial charge in [0.15, 0.2) is 0 Å². The molecule has 0 radical (unpaired) electrons. The summed E-state index contributed by atoms with van der Waals surface area (Å²) in [6.07, 6.45) is 1.28. The fourth-order valence-electron chi connectivity index (χ4n) is 2.04. The molecule has 1 aromatic rings. The Morgan fingerprint density at radius 1 is 1.39 bits per heavy atom. The smallest absolute Gasteiger partial charge is 0.249 e. The Morgan fingerprint density at radius 2 is 2.11 bits per heavy atom. The Kier molecular flexibility index (Phi) is 4.20. The van der Waals surface area contributed by atoms with Gasteiger partial charge in [0.2, 0.25) is 5.91 Å². The predicted octanol–water partition coefficient (Wildman–Crippen LogP) is 2.24. The van der Waals surface area contributed by atoms with Gasteiger partial charge in [0.25, 0.3) is 0 Å². The molecule has 0 aliphatic carbocycles. The average Bonchev–Trinajstić information content (AvgIpc) is 2.86. The molecule has 18 heavy (non-hydrogen) atoms. The quantitative estimate of drug-likeness (QED) is 0.821. The molecule has 1 aromatic carbocycles. The lowest BCUT2D eigenvalue weighted by atomic mass is 10.1. The molecule has 1 saturated heterocycles. The Labute approximate surface area is 107 Å². The van der Waals surface area contributed by atoms with Crippen LogP contribution >= 0.6 is 0 Å². The minimum Gasteiger partial charge on any atom is -0.493 e. The Hall–Kier alpha value is -1.55. The maximum atomic E-state index is 11.7. The topological polar surface area (TPSA) is 38.8 Å². The maximum Gasteiger partial charge on any atom is 0.249 e. The molecular formula is C14H19NO3. The molecule has 1 aliphatic rings. The molecule has 1 fully saturated rings. The number of carbonyl (C=O) groups is 1. The second-order valence-corrected chi connectivity index (χ2v) is 4.50. The first kappa shape index (κ1) is 12.9. The molecular weight excluding hydrogens is 230 g/mol. The number of nitrogens with zero attached hydrogens (tertiary/aromatic N) is 1. The zero-order valence-corrected chi connectivity index (χ0v) is 10.9. The van der Waals surface area contributed by atoms with Gasteiger partial charge in [0.1, 0.15) is 5.75 Å². The highest BCUT2D eigenvalue weighted by Gasteiger charge is 2.19. The van der Waals surface area contributed by atoms with Gasteiger partial charge in [-0.1, -0.05) is 18.2 Å². The summed E-state index contributed by atoms with van der Waals surface area (Å²) in [7, 11) is 0. The van der Waals surface area contributed by atoms with Crippen LogP contribution in [0.2, 0.25) is 0 Å². The van der Waals surface area contributed by atoms with Gasteiger partial charge in [-0.2, -0.15) is 0 Å². The van der Waals surface area contributed by atoms with E-state index in [1.54, 1.807) is 0 Å². The number of ether oxygens (including phenoxy) is 1. The molecule has 98 valence electrons. The lowest BCUT2D eigenvalue weighted by molar-refractivity contribution is -0.169. The molecule has 0 spiro atoms. The van der Waals surface area contributed by atoms with Crippen LogP contribution in [0.25, 0.3) is 0 Å². The summed E-state index contributed by atoms with van der Waals surface area (Å²) in [4.78, 5) is 16.9. The lowest BCUT2D eigenvalue weighted by Crippen LogP contribution is -2.27. The average molecular weight is 249 g/mol. The number of benzene rings is 1. The zero-order valence-electron chi connectivity index (χ0n) is 10.9. The van der Waals surface area contributed by atoms with Crippen LogP contribution in [0.5, 0.6) is 5.75 Å². The van der Waals surface area contributed by atoms with Crippen molar-refractivity contribution >= 4 is 5.91 Å². The van der Waals surface area contributed by atoms with Crippen molar-refractivity contribution in [3.63, 3.8) is 0 Å². The van der Waals surface area contributed by atoms with Gasteiger partial charge >= 0.3 is 0 Å². The third kappa shape index (κ3) is 3.01. The lowest BCUT2D eigenvalue weighted by Gasteiger charge is -2.15. The number of hydroxylamine groups is 2. The second kappa shape index (κ2) is 5.87. The SMILES string of the molecule is Cc1cccc(C)c1OCCC(=O)N1CCCO1. The van der Waals surface area contributed by atoms with Crippen LogP contribution in [-0.4, -0.2) is 30.7 Å². The van der Waals surface area contributed by atoms with E-state index in [2.05, 4.69) is 0 Å². The molecule has 0 N–H and O–H groups in total. The van der Waals surface area contributed by atoms with Crippen molar-refractivity contribution in [1.82, 2.24) is 5.06 Å². The summed E-state index contributed by atoms with van der Waals surface area (Å²) in [5, 5.41) is 1.44. The van der Waals surface area contributed by atoms with E-state index < -0.39 is 0 Å². The van der Waals surface area contributed by atoms with E-state index in [4.69, 9.17) is 9.57 Å². The van der Waals surface area contributed by atoms with Crippen LogP contribution in [0.15, 0.2) is 18.2 Å². The van der Waals surface area contributed by atoms with Gasteiger partial charge in [0, 0.05) is 0 Å². The molecule has 0 aromatic heterocycles. The minimum absolute atomic E-state index is 0.00117. The van der Waals surface area contributed by atoms with Gasteiger partial charge in [-0.15, -0.1) is 0 Å². The minimum atomic E-state index is -0.00117. The fourth-order valence-corrected chi connectivity index (χ4v) is 2.04. The molecule has 0 unspecified atom stereocenters. The van der Waals surface area contributed by atoms with E-state index in [9.17, 15) is 4.79 Å². The number of para-hydroxylation sites is 1. The van der Waals surface area contributed by atoms with Crippen LogP contribution in [0.1, 0.15) is 24.0 Å². The molecule has 1 amide bonds. The molecule has 2 rings (SSSR count). The first-order valence-electron chi connectivity index (χ1n) is 6.31. The van der Waals surface area contributed by atoms with Crippen molar-refractivity contribution in [2.45, 2.75) is 26.7 Å². The van der Waals surface area contributed by atoms with Gasteiger partial charge in [-0.3, -0.25) is 9.63 Å². The molecule has 0 bridgehead atoms. The van der Waals surface area contributed by atoms with E-state index >= 15 is 0 Å². The summed E-state index contributed by atoms with van der Waals surface area (Å²) in [5.41, 5.74) is 2.19. The monoisotopic (exact) mass is 249 g/mol. The summed E-state index contributed by atoms with van der Waals surface area (Å²) in [6.45, 7) is 5.75. The summed E-state index contributed by atoms with van der Waals surface area (Å²) in [5.74, 6) is 0.881. The number of rotatable bonds is 4. The Morgan fingerprint density at radius 3 is 2.72 bits per heavy atom. The highest BCUT2D eigenvalue weighted by atomic mass is 16.7. The fraction of sp³-hybridized carbons (Fsp3) is 0.500. The van der Waals surface area contributed by atoms with Crippen LogP contribution in [0, 0.1) is 13.8 Å². The molecule has 4 nitrogen and oxygen atoms in total. The van der Waals surface area contributed by atoms with E-state index in [1.807, 2.05) is 32.0 Å². The van der Waals surface area contributed by atoms with Gasteiger partial charge in [-0.05, 0) is 31.4 Å². The van der Waals surface area contributed by atoms with Crippen molar-refractivity contribution < 1.29 is 14.4 Å². The predicted molar refractivity (Wildman–Crippen MR) is 68.3 cm³/mol. The number of amides is 1. The van der Waals surface area contributed by atoms with Crippen molar-refractivity contribution in [3.05, 3.63) is 29.3 Å². The highest BCUT2D eigenvalue weighted by molar-refractivity contribution is 5.75. The molecule has 4 heteroatoms. The first-order chi connectivity index (χ1) is 8.68. The van der Waals surface area contributed by atoms with E-state index in [-0.39, 0.29) is 5.91 Å². The number of hydrogen-bond acceptors (Lipinski definition) is 3. The molecule has 1 aliphatic heterocycles. The van der Waals surface area contributed by atoms with Crippen molar-refractivity contribution in [3.8, 4) is 5.75 Å². The number of carbonyl (C=O) groups excluding carboxylic acids is 1. The van der Waals surface area contributed by atoms with Crippen LogP contribution in [0.3, 0.4) is 0 Å². The summed E-state index contributed by atoms with van der Waals surface area (Å²) in [6, 6.07) is 6.02. The normalized spacial score (nSPS) is 14.9. The summed E-state index contributed by atoms with van der Waals surface area (Å²) >= 11 is 0. The highest BCUT2D eigenvalue weighted by Crippen LogP contribution is 2.22. The summed E-state index contributed by atoms with van der Waals surface area (Å²) < 4.78 is 5.69. The van der Waals surface area contributed by atoms with Gasteiger partial charge in [-0.25, -0.2) is 5.06 Å². The Balaban J connectivity index is 1.83. The van der Waals surface area contributed by atoms with Crippen LogP contribution in [-0.2, 0) is 9.63 Å². The molecule has 1 heterocycles. The van der Waals surface area contributed by atoms with Crippen LogP contribution < -0.4 is 4.74 Å². The van der Waals surface area contributed by atoms with Crippen LogP contribution in [0.4, 0.5) is 0 Å². The van der Waals surface area contributed by atoms with Crippen molar-refractivity contribution in [1.29, 1.82) is 0 Å². The van der Waals surface area contributed by atoms with Crippen molar-refractivity contribution in [2.75, 3.05) is 19.8 Å². The number of hydrogen-bond donors (Lipinski definition) is 0. The van der Waals surface area contributed by atoms with Gasteiger partial charge in [0.05, 0.1) is 26.2 Å².